The molecule has 1 aromatic carbocycles. The molecule has 0 unspecified atom stereocenters. The number of carbonyl (C=O) groups excluding carboxylic acids is 3. The van der Waals surface area contributed by atoms with Crippen molar-refractivity contribution >= 4 is 62.3 Å². The van der Waals surface area contributed by atoms with Gasteiger partial charge in [0.2, 0.25) is 5.91 Å². The Bertz CT molecular complexity index is 1410. The first kappa shape index (κ1) is 22.9. The minimum absolute atomic E-state index is 0.0533. The number of aryl methyl sites for hydroxylation is 1. The summed E-state index contributed by atoms with van der Waals surface area (Å²) < 4.78 is 7.06. The minimum atomic E-state index is -0.563. The smallest absolute Gasteiger partial charge is 0.341 e. The van der Waals surface area contributed by atoms with E-state index < -0.39 is 5.97 Å². The van der Waals surface area contributed by atoms with Gasteiger partial charge >= 0.3 is 5.97 Å². The van der Waals surface area contributed by atoms with Crippen molar-refractivity contribution < 1.29 is 19.1 Å². The number of ether oxygens (including phenoxy) is 1. The summed E-state index contributed by atoms with van der Waals surface area (Å²) in [4.78, 5) is 37.6. The molecule has 170 valence electrons. The molecule has 33 heavy (non-hydrogen) atoms. The van der Waals surface area contributed by atoms with E-state index in [4.69, 9.17) is 4.74 Å². The molecule has 0 atom stereocenters. The van der Waals surface area contributed by atoms with Crippen molar-refractivity contribution in [1.29, 1.82) is 0 Å². The van der Waals surface area contributed by atoms with E-state index in [-0.39, 0.29) is 29.6 Å². The fourth-order valence-corrected chi connectivity index (χ4v) is 5.48. The molecule has 10 heteroatoms. The summed E-state index contributed by atoms with van der Waals surface area (Å²) in [7, 11) is 0. The maximum Gasteiger partial charge on any atom is 0.341 e. The van der Waals surface area contributed by atoms with Crippen LogP contribution in [0, 0.1) is 13.8 Å². The highest BCUT2D eigenvalue weighted by atomic mass is 32.2. The van der Waals surface area contributed by atoms with Crippen molar-refractivity contribution in [3.05, 3.63) is 51.9 Å². The van der Waals surface area contributed by atoms with Crippen molar-refractivity contribution in [1.82, 2.24) is 14.6 Å². The second-order valence-corrected chi connectivity index (χ2v) is 9.36. The normalized spacial score (nSPS) is 11.2. The van der Waals surface area contributed by atoms with Crippen molar-refractivity contribution in [3.8, 4) is 0 Å². The first-order valence-corrected chi connectivity index (χ1v) is 12.1. The number of rotatable bonds is 7. The van der Waals surface area contributed by atoms with Gasteiger partial charge in [-0.2, -0.15) is 0 Å². The predicted octanol–water partition coefficient (Wildman–Crippen LogP) is 4.67. The lowest BCUT2D eigenvalue weighted by atomic mass is 10.1. The third kappa shape index (κ3) is 4.36. The number of carbonyl (C=O) groups is 3. The van der Waals surface area contributed by atoms with Crippen LogP contribution in [0.15, 0.2) is 35.5 Å². The first-order chi connectivity index (χ1) is 15.8. The van der Waals surface area contributed by atoms with Gasteiger partial charge in [0.15, 0.2) is 16.6 Å². The van der Waals surface area contributed by atoms with E-state index in [1.165, 1.54) is 18.7 Å². The van der Waals surface area contributed by atoms with E-state index >= 15 is 0 Å². The zero-order valence-electron chi connectivity index (χ0n) is 18.6. The number of Topliss-reactive ketones (excluding diaryl/α,β-unsaturated/α-hetero) is 1. The number of ketones is 1. The Labute approximate surface area is 198 Å². The quantitative estimate of drug-likeness (QED) is 0.232. The molecule has 0 fully saturated rings. The number of para-hydroxylation sites is 1. The third-order valence-corrected chi connectivity index (χ3v) is 7.30. The predicted molar refractivity (Wildman–Crippen MR) is 130 cm³/mol. The minimum Gasteiger partial charge on any atom is -0.462 e. The third-order valence-electron chi connectivity index (χ3n) is 5.07. The number of benzene rings is 1. The summed E-state index contributed by atoms with van der Waals surface area (Å²) in [6.07, 6.45) is 0. The highest BCUT2D eigenvalue weighted by Gasteiger charge is 2.25. The van der Waals surface area contributed by atoms with Gasteiger partial charge < -0.3 is 10.1 Å². The topological polar surface area (TPSA) is 103 Å². The molecular weight excluding hydrogens is 460 g/mol. The molecule has 0 spiro atoms. The Hall–Kier alpha value is -3.24. The van der Waals surface area contributed by atoms with E-state index in [0.29, 0.717) is 20.6 Å². The molecule has 0 saturated carbocycles. The van der Waals surface area contributed by atoms with Crippen LogP contribution in [0.1, 0.15) is 45.0 Å². The second-order valence-electron chi connectivity index (χ2n) is 7.40. The molecule has 0 saturated heterocycles. The molecule has 3 heterocycles. The van der Waals surface area contributed by atoms with Crippen LogP contribution in [-0.4, -0.2) is 44.6 Å². The number of amides is 1. The van der Waals surface area contributed by atoms with Gasteiger partial charge in [-0.15, -0.1) is 21.5 Å². The molecule has 0 aliphatic rings. The molecule has 1 N–H and O–H groups in total. The van der Waals surface area contributed by atoms with E-state index in [0.717, 1.165) is 33.5 Å². The standard InChI is InChI=1S/C23H22N4O4S2/c1-5-31-22(30)18-13(3)19(14(4)28)33-21(18)24-17(29)11-32-23-26-25-20-12(2)10-15-8-6-7-9-16(15)27(20)23/h6-10H,5,11H2,1-4H3,(H,24,29). The number of thioether (sulfide) groups is 1. The van der Waals surface area contributed by atoms with Crippen LogP contribution in [0.4, 0.5) is 5.00 Å². The fraction of sp³-hybridized carbons (Fsp3) is 0.261. The number of hydrogen-bond donors (Lipinski definition) is 1. The lowest BCUT2D eigenvalue weighted by molar-refractivity contribution is -0.113. The summed E-state index contributed by atoms with van der Waals surface area (Å²) in [5.41, 5.74) is 3.42. The lowest BCUT2D eigenvalue weighted by Gasteiger charge is -2.08. The average molecular weight is 483 g/mol. The zero-order valence-corrected chi connectivity index (χ0v) is 20.2. The van der Waals surface area contributed by atoms with Crippen molar-refractivity contribution in [2.24, 2.45) is 0 Å². The summed E-state index contributed by atoms with van der Waals surface area (Å²) in [5.74, 6) is -1.00. The number of fused-ring (bicyclic) bond motifs is 3. The summed E-state index contributed by atoms with van der Waals surface area (Å²) in [6, 6.07) is 9.98. The van der Waals surface area contributed by atoms with Gasteiger partial charge in [-0.3, -0.25) is 14.0 Å². The Morgan fingerprint density at radius 1 is 1.18 bits per heavy atom. The number of aromatic nitrogens is 3. The van der Waals surface area contributed by atoms with E-state index in [2.05, 4.69) is 21.6 Å². The van der Waals surface area contributed by atoms with Crippen LogP contribution in [0.2, 0.25) is 0 Å². The summed E-state index contributed by atoms with van der Waals surface area (Å²) in [6.45, 7) is 6.98. The maximum absolute atomic E-state index is 12.8. The van der Waals surface area contributed by atoms with Gasteiger partial charge in [0, 0.05) is 0 Å². The van der Waals surface area contributed by atoms with Gasteiger partial charge in [0.1, 0.15) is 5.00 Å². The zero-order chi connectivity index (χ0) is 23.7. The number of anilines is 1. The molecule has 1 amide bonds. The van der Waals surface area contributed by atoms with Gasteiger partial charge in [-0.25, -0.2) is 4.79 Å². The Balaban J connectivity index is 1.59. The largest absolute Gasteiger partial charge is 0.462 e. The van der Waals surface area contributed by atoms with Gasteiger partial charge in [0.05, 0.1) is 28.3 Å². The van der Waals surface area contributed by atoms with Gasteiger partial charge in [-0.05, 0) is 56.3 Å². The maximum atomic E-state index is 12.8. The number of esters is 1. The van der Waals surface area contributed by atoms with Crippen LogP contribution in [0.3, 0.4) is 0 Å². The first-order valence-electron chi connectivity index (χ1n) is 10.3. The molecule has 4 aromatic rings. The van der Waals surface area contributed by atoms with Crippen LogP contribution in [0.25, 0.3) is 16.6 Å². The molecule has 8 nitrogen and oxygen atoms in total. The van der Waals surface area contributed by atoms with Crippen LogP contribution < -0.4 is 5.32 Å². The highest BCUT2D eigenvalue weighted by molar-refractivity contribution is 7.99. The second kappa shape index (κ2) is 9.32. The number of pyridine rings is 1. The molecule has 3 aromatic heterocycles. The summed E-state index contributed by atoms with van der Waals surface area (Å²) in [5, 5.41) is 13.3. The van der Waals surface area contributed by atoms with Crippen LogP contribution in [-0.2, 0) is 9.53 Å². The number of nitrogens with one attached hydrogen (secondary N) is 1. The van der Waals surface area contributed by atoms with Gasteiger partial charge in [0.25, 0.3) is 0 Å². The van der Waals surface area contributed by atoms with E-state index in [1.807, 2.05) is 35.6 Å². The number of nitrogens with zero attached hydrogens (tertiary/aromatic N) is 3. The van der Waals surface area contributed by atoms with Crippen LogP contribution >= 0.6 is 23.1 Å². The Morgan fingerprint density at radius 3 is 2.67 bits per heavy atom. The Morgan fingerprint density at radius 2 is 1.94 bits per heavy atom. The molecule has 0 aliphatic carbocycles. The molecule has 0 bridgehead atoms. The molecule has 4 rings (SSSR count). The number of hydrogen-bond acceptors (Lipinski definition) is 8. The Kier molecular flexibility index (Phi) is 6.48. The monoisotopic (exact) mass is 482 g/mol. The summed E-state index contributed by atoms with van der Waals surface area (Å²) >= 11 is 2.33. The molecule has 0 radical (unpaired) electrons. The number of thiophene rings is 1. The van der Waals surface area contributed by atoms with Crippen molar-refractivity contribution in [2.75, 3.05) is 17.7 Å². The van der Waals surface area contributed by atoms with E-state index in [9.17, 15) is 14.4 Å². The SMILES string of the molecule is CCOC(=O)c1c(NC(=O)CSc2nnc3c(C)cc4ccccc4n23)sc(C(C)=O)c1C. The average Bonchev–Trinajstić information content (AvgIpc) is 3.34. The molecule has 0 aliphatic heterocycles. The lowest BCUT2D eigenvalue weighted by Crippen LogP contribution is -2.16. The fourth-order valence-electron chi connectivity index (χ4n) is 3.63. The van der Waals surface area contributed by atoms with Crippen molar-refractivity contribution in [3.63, 3.8) is 0 Å². The van der Waals surface area contributed by atoms with Gasteiger partial charge in [-0.1, -0.05) is 30.0 Å². The van der Waals surface area contributed by atoms with E-state index in [1.54, 1.807) is 13.8 Å². The van der Waals surface area contributed by atoms with Crippen molar-refractivity contribution in [2.45, 2.75) is 32.9 Å². The highest BCUT2D eigenvalue weighted by Crippen LogP contribution is 2.34. The molecular formula is C23H22N4O4S2. The van der Waals surface area contributed by atoms with Crippen LogP contribution in [0.5, 0.6) is 0 Å².